The van der Waals surface area contributed by atoms with Gasteiger partial charge in [0.05, 0.1) is 19.9 Å². The topological polar surface area (TPSA) is 84.4 Å². The summed E-state index contributed by atoms with van der Waals surface area (Å²) in [6.07, 6.45) is 0.788. The Kier molecular flexibility index (Phi) is 3.93. The summed E-state index contributed by atoms with van der Waals surface area (Å²) in [5.41, 5.74) is 2.30. The molecule has 0 aliphatic rings. The molecule has 1 aromatic heterocycles. The molecular formula is C14H16N2O4. The standard InChI is InChI=1S/C14H16N2O4/c1-4-8-5-9(13(20-3)7-12(8)19-2)10-6-11(14(17)18)16-15-10/h5-7H,4H2,1-3H3,(H,15,16)(H,17,18). The van der Waals surface area contributed by atoms with E-state index < -0.39 is 5.97 Å². The molecule has 0 saturated heterocycles. The highest BCUT2D eigenvalue weighted by Gasteiger charge is 2.16. The number of aromatic nitrogens is 2. The molecule has 20 heavy (non-hydrogen) atoms. The van der Waals surface area contributed by atoms with Crippen LogP contribution in [-0.4, -0.2) is 35.5 Å². The van der Waals surface area contributed by atoms with Gasteiger partial charge in [-0.15, -0.1) is 0 Å². The molecule has 6 heteroatoms. The van der Waals surface area contributed by atoms with Crippen molar-refractivity contribution < 1.29 is 19.4 Å². The second-order valence-corrected chi connectivity index (χ2v) is 4.19. The number of methoxy groups -OCH3 is 2. The Labute approximate surface area is 116 Å². The zero-order valence-electron chi connectivity index (χ0n) is 11.6. The molecule has 2 rings (SSSR count). The highest BCUT2D eigenvalue weighted by Crippen LogP contribution is 2.35. The van der Waals surface area contributed by atoms with E-state index in [4.69, 9.17) is 14.6 Å². The van der Waals surface area contributed by atoms with Gasteiger partial charge in [0.25, 0.3) is 0 Å². The van der Waals surface area contributed by atoms with Gasteiger partial charge in [-0.2, -0.15) is 5.10 Å². The van der Waals surface area contributed by atoms with Crippen molar-refractivity contribution in [1.82, 2.24) is 10.2 Å². The molecule has 0 unspecified atom stereocenters. The second kappa shape index (κ2) is 5.64. The molecule has 0 amide bonds. The van der Waals surface area contributed by atoms with Crippen LogP contribution in [0.3, 0.4) is 0 Å². The van der Waals surface area contributed by atoms with Crippen LogP contribution in [0.1, 0.15) is 23.0 Å². The highest BCUT2D eigenvalue weighted by molar-refractivity contribution is 5.87. The molecule has 1 heterocycles. The Bertz CT molecular complexity index is 634. The van der Waals surface area contributed by atoms with Gasteiger partial charge in [0.1, 0.15) is 17.2 Å². The number of carboxylic acid groups (broad SMARTS) is 1. The number of carboxylic acids is 1. The summed E-state index contributed by atoms with van der Waals surface area (Å²) in [6, 6.07) is 5.16. The molecule has 0 aliphatic heterocycles. The number of aryl methyl sites for hydroxylation is 1. The van der Waals surface area contributed by atoms with Crippen molar-refractivity contribution in [3.8, 4) is 22.8 Å². The first kappa shape index (κ1) is 13.9. The number of carbonyl (C=O) groups is 1. The summed E-state index contributed by atoms with van der Waals surface area (Å²) in [6.45, 7) is 2.02. The van der Waals surface area contributed by atoms with Gasteiger partial charge < -0.3 is 14.6 Å². The number of benzene rings is 1. The third-order valence-electron chi connectivity index (χ3n) is 3.07. The Balaban J connectivity index is 2.56. The van der Waals surface area contributed by atoms with Gasteiger partial charge in [0.15, 0.2) is 0 Å². The summed E-state index contributed by atoms with van der Waals surface area (Å²) in [4.78, 5) is 10.9. The fourth-order valence-corrected chi connectivity index (χ4v) is 2.01. The normalized spacial score (nSPS) is 10.3. The SMILES string of the molecule is CCc1cc(-c2cc(C(=O)O)[nH]n2)c(OC)cc1OC. The lowest BCUT2D eigenvalue weighted by atomic mass is 10.0. The fraction of sp³-hybridized carbons (Fsp3) is 0.286. The van der Waals surface area contributed by atoms with Crippen LogP contribution in [0.15, 0.2) is 18.2 Å². The lowest BCUT2D eigenvalue weighted by molar-refractivity contribution is 0.0690. The molecule has 106 valence electrons. The zero-order valence-corrected chi connectivity index (χ0v) is 11.6. The van der Waals surface area contributed by atoms with E-state index in [2.05, 4.69) is 10.2 Å². The molecule has 2 N–H and O–H groups in total. The van der Waals surface area contributed by atoms with Crippen molar-refractivity contribution >= 4 is 5.97 Å². The predicted molar refractivity (Wildman–Crippen MR) is 73.5 cm³/mol. The van der Waals surface area contributed by atoms with Crippen molar-refractivity contribution in [3.63, 3.8) is 0 Å². The highest BCUT2D eigenvalue weighted by atomic mass is 16.5. The molecule has 6 nitrogen and oxygen atoms in total. The number of nitrogens with zero attached hydrogens (tertiary/aromatic N) is 1. The van der Waals surface area contributed by atoms with E-state index >= 15 is 0 Å². The van der Waals surface area contributed by atoms with Gasteiger partial charge >= 0.3 is 5.97 Å². The number of hydrogen-bond acceptors (Lipinski definition) is 4. The smallest absolute Gasteiger partial charge is 0.353 e. The number of nitrogens with one attached hydrogen (secondary N) is 1. The minimum Gasteiger partial charge on any atom is -0.496 e. The summed E-state index contributed by atoms with van der Waals surface area (Å²) in [7, 11) is 3.15. The average molecular weight is 276 g/mol. The van der Waals surface area contributed by atoms with Gasteiger partial charge in [-0.25, -0.2) is 4.79 Å². The van der Waals surface area contributed by atoms with E-state index in [0.717, 1.165) is 23.3 Å². The molecule has 0 bridgehead atoms. The largest absolute Gasteiger partial charge is 0.496 e. The van der Waals surface area contributed by atoms with Gasteiger partial charge in [-0.05, 0) is 24.1 Å². The lowest BCUT2D eigenvalue weighted by Crippen LogP contribution is -1.96. The number of rotatable bonds is 5. The van der Waals surface area contributed by atoms with E-state index in [1.807, 2.05) is 13.0 Å². The van der Waals surface area contributed by atoms with Crippen LogP contribution >= 0.6 is 0 Å². The van der Waals surface area contributed by atoms with Crippen LogP contribution < -0.4 is 9.47 Å². The third-order valence-corrected chi connectivity index (χ3v) is 3.07. The molecular weight excluding hydrogens is 260 g/mol. The van der Waals surface area contributed by atoms with Crippen LogP contribution in [0.5, 0.6) is 11.5 Å². The Hall–Kier alpha value is -2.50. The monoisotopic (exact) mass is 276 g/mol. The number of H-pyrrole nitrogens is 1. The third kappa shape index (κ3) is 2.45. The zero-order chi connectivity index (χ0) is 14.7. The maximum Gasteiger partial charge on any atom is 0.353 e. The average Bonchev–Trinajstić information content (AvgIpc) is 2.95. The molecule has 1 aromatic carbocycles. The number of aromatic carboxylic acids is 1. The Morgan fingerprint density at radius 2 is 1.95 bits per heavy atom. The van der Waals surface area contributed by atoms with E-state index in [1.165, 1.54) is 6.07 Å². The molecule has 0 aliphatic carbocycles. The van der Waals surface area contributed by atoms with Crippen LogP contribution in [0.25, 0.3) is 11.3 Å². The van der Waals surface area contributed by atoms with Crippen LogP contribution in [-0.2, 0) is 6.42 Å². The fourth-order valence-electron chi connectivity index (χ4n) is 2.01. The van der Waals surface area contributed by atoms with Crippen molar-refractivity contribution in [2.45, 2.75) is 13.3 Å². The van der Waals surface area contributed by atoms with Crippen molar-refractivity contribution in [3.05, 3.63) is 29.5 Å². The number of ether oxygens (including phenoxy) is 2. The molecule has 2 aromatic rings. The summed E-state index contributed by atoms with van der Waals surface area (Å²) in [5.74, 6) is 0.275. The molecule has 0 radical (unpaired) electrons. The first-order chi connectivity index (χ1) is 9.60. The van der Waals surface area contributed by atoms with E-state index in [0.29, 0.717) is 11.4 Å². The minimum absolute atomic E-state index is 0.0379. The maximum absolute atomic E-state index is 10.9. The minimum atomic E-state index is -1.05. The van der Waals surface area contributed by atoms with E-state index in [9.17, 15) is 4.79 Å². The first-order valence-electron chi connectivity index (χ1n) is 6.14. The van der Waals surface area contributed by atoms with Crippen LogP contribution in [0, 0.1) is 0 Å². The van der Waals surface area contributed by atoms with E-state index in [-0.39, 0.29) is 5.69 Å². The van der Waals surface area contributed by atoms with Crippen LogP contribution in [0.4, 0.5) is 0 Å². The Morgan fingerprint density at radius 1 is 1.25 bits per heavy atom. The van der Waals surface area contributed by atoms with Gasteiger partial charge in [0, 0.05) is 11.6 Å². The van der Waals surface area contributed by atoms with Crippen molar-refractivity contribution in [2.24, 2.45) is 0 Å². The molecule has 0 saturated carbocycles. The molecule has 0 spiro atoms. The van der Waals surface area contributed by atoms with Crippen molar-refractivity contribution in [1.29, 1.82) is 0 Å². The quantitative estimate of drug-likeness (QED) is 0.875. The second-order valence-electron chi connectivity index (χ2n) is 4.19. The molecule has 0 fully saturated rings. The number of hydrogen-bond donors (Lipinski definition) is 2. The lowest BCUT2D eigenvalue weighted by Gasteiger charge is -2.12. The first-order valence-corrected chi connectivity index (χ1v) is 6.14. The Morgan fingerprint density at radius 3 is 2.45 bits per heavy atom. The summed E-state index contributed by atoms with van der Waals surface area (Å²) < 4.78 is 10.6. The summed E-state index contributed by atoms with van der Waals surface area (Å²) in [5, 5.41) is 15.4. The van der Waals surface area contributed by atoms with Crippen molar-refractivity contribution in [2.75, 3.05) is 14.2 Å². The number of aromatic amines is 1. The predicted octanol–water partition coefficient (Wildman–Crippen LogP) is 2.35. The molecule has 0 atom stereocenters. The van der Waals surface area contributed by atoms with Gasteiger partial charge in [0.2, 0.25) is 0 Å². The summed E-state index contributed by atoms with van der Waals surface area (Å²) >= 11 is 0. The maximum atomic E-state index is 10.9. The van der Waals surface area contributed by atoms with Gasteiger partial charge in [-0.1, -0.05) is 6.92 Å². The van der Waals surface area contributed by atoms with Crippen LogP contribution in [0.2, 0.25) is 0 Å². The van der Waals surface area contributed by atoms with Gasteiger partial charge in [-0.3, -0.25) is 5.10 Å². The van der Waals surface area contributed by atoms with E-state index in [1.54, 1.807) is 20.3 Å².